The van der Waals surface area contributed by atoms with Crippen LogP contribution in [-0.4, -0.2) is 65.0 Å². The fraction of sp³-hybridized carbons (Fsp3) is 0.647. The van der Waals surface area contributed by atoms with Crippen LogP contribution in [0, 0.1) is 12.8 Å². The van der Waals surface area contributed by atoms with Gasteiger partial charge in [0.25, 0.3) is 0 Å². The summed E-state index contributed by atoms with van der Waals surface area (Å²) in [7, 11) is 1.53. The highest BCUT2D eigenvalue weighted by atomic mass is 16.5. The van der Waals surface area contributed by atoms with Crippen molar-refractivity contribution in [2.75, 3.05) is 38.6 Å². The number of methoxy groups -OCH3 is 1. The zero-order valence-corrected chi connectivity index (χ0v) is 14.8. The Labute approximate surface area is 147 Å². The smallest absolute Gasteiger partial charge is 0.319 e. The van der Waals surface area contributed by atoms with Crippen LogP contribution in [0.4, 0.5) is 10.7 Å². The van der Waals surface area contributed by atoms with Gasteiger partial charge in [-0.3, -0.25) is 10.1 Å². The molecule has 3 heterocycles. The molecule has 2 saturated heterocycles. The number of rotatable bonds is 3. The third kappa shape index (κ3) is 4.18. The number of amides is 3. The third-order valence-electron chi connectivity index (χ3n) is 4.79. The standard InChI is InChI=1S/C17H25N5O3/c1-12-11-14(25-2)19-16(18-12)20-15(23)13-5-9-22(10-6-13)17(24)21-7-3-4-8-21/h11,13H,3-10H2,1-2H3,(H,18,19,20,23). The number of urea groups is 1. The SMILES string of the molecule is COc1cc(C)nc(NC(=O)C2CCN(C(=O)N3CCCC3)CC2)n1. The van der Waals surface area contributed by atoms with Gasteiger partial charge in [0.2, 0.25) is 17.7 Å². The van der Waals surface area contributed by atoms with Gasteiger partial charge in [-0.05, 0) is 32.6 Å². The Morgan fingerprint density at radius 1 is 1.12 bits per heavy atom. The van der Waals surface area contributed by atoms with Crippen LogP contribution in [-0.2, 0) is 4.79 Å². The summed E-state index contributed by atoms with van der Waals surface area (Å²) in [4.78, 5) is 37.0. The summed E-state index contributed by atoms with van der Waals surface area (Å²) in [6.07, 6.45) is 3.50. The Hall–Kier alpha value is -2.38. The number of nitrogens with zero attached hydrogens (tertiary/aromatic N) is 4. The minimum absolute atomic E-state index is 0.0964. The molecule has 0 saturated carbocycles. The fourth-order valence-electron chi connectivity index (χ4n) is 3.35. The zero-order chi connectivity index (χ0) is 17.8. The number of hydrogen-bond donors (Lipinski definition) is 1. The van der Waals surface area contributed by atoms with Gasteiger partial charge in [-0.15, -0.1) is 0 Å². The first-order valence-electron chi connectivity index (χ1n) is 8.81. The molecule has 2 fully saturated rings. The van der Waals surface area contributed by atoms with Crippen LogP contribution in [0.5, 0.6) is 5.88 Å². The normalized spacial score (nSPS) is 18.3. The van der Waals surface area contributed by atoms with Gasteiger partial charge in [-0.2, -0.15) is 4.98 Å². The number of carbonyl (C=O) groups is 2. The molecule has 0 radical (unpaired) electrons. The third-order valence-corrected chi connectivity index (χ3v) is 4.79. The second-order valence-electron chi connectivity index (χ2n) is 6.60. The van der Waals surface area contributed by atoms with Crippen molar-refractivity contribution in [1.29, 1.82) is 0 Å². The molecular weight excluding hydrogens is 322 g/mol. The van der Waals surface area contributed by atoms with Crippen molar-refractivity contribution in [1.82, 2.24) is 19.8 Å². The van der Waals surface area contributed by atoms with E-state index in [1.165, 1.54) is 7.11 Å². The maximum Gasteiger partial charge on any atom is 0.319 e. The largest absolute Gasteiger partial charge is 0.481 e. The second kappa shape index (κ2) is 7.67. The number of anilines is 1. The molecule has 0 bridgehead atoms. The minimum atomic E-state index is -0.127. The topological polar surface area (TPSA) is 87.7 Å². The van der Waals surface area contributed by atoms with Gasteiger partial charge in [0.15, 0.2) is 0 Å². The van der Waals surface area contributed by atoms with E-state index >= 15 is 0 Å². The van der Waals surface area contributed by atoms with Gasteiger partial charge < -0.3 is 14.5 Å². The Balaban J connectivity index is 1.53. The lowest BCUT2D eigenvalue weighted by Gasteiger charge is -2.33. The zero-order valence-electron chi connectivity index (χ0n) is 14.8. The predicted octanol–water partition coefficient (Wildman–Crippen LogP) is 1.66. The van der Waals surface area contributed by atoms with Crippen LogP contribution in [0.3, 0.4) is 0 Å². The number of piperidine rings is 1. The van der Waals surface area contributed by atoms with E-state index in [0.29, 0.717) is 31.8 Å². The van der Waals surface area contributed by atoms with Gasteiger partial charge in [0.1, 0.15) is 0 Å². The highest BCUT2D eigenvalue weighted by Crippen LogP contribution is 2.21. The molecule has 2 aliphatic rings. The van der Waals surface area contributed by atoms with E-state index in [1.807, 2.05) is 16.7 Å². The fourth-order valence-corrected chi connectivity index (χ4v) is 3.35. The molecule has 1 N–H and O–H groups in total. The molecule has 3 rings (SSSR count). The van der Waals surface area contributed by atoms with Crippen LogP contribution in [0.15, 0.2) is 6.07 Å². The average molecular weight is 347 g/mol. The van der Waals surface area contributed by atoms with Gasteiger partial charge in [0.05, 0.1) is 7.11 Å². The van der Waals surface area contributed by atoms with Crippen molar-refractivity contribution < 1.29 is 14.3 Å². The quantitative estimate of drug-likeness (QED) is 0.898. The summed E-state index contributed by atoms with van der Waals surface area (Å²) in [5.74, 6) is 0.463. The van der Waals surface area contributed by atoms with E-state index in [9.17, 15) is 9.59 Å². The monoisotopic (exact) mass is 347 g/mol. The molecule has 8 heteroatoms. The number of hydrogen-bond acceptors (Lipinski definition) is 5. The summed E-state index contributed by atoms with van der Waals surface area (Å²) < 4.78 is 5.10. The van der Waals surface area contributed by atoms with Gasteiger partial charge >= 0.3 is 6.03 Å². The molecule has 25 heavy (non-hydrogen) atoms. The average Bonchev–Trinajstić information content (AvgIpc) is 3.15. The molecule has 0 aromatic carbocycles. The Morgan fingerprint density at radius 2 is 1.76 bits per heavy atom. The maximum absolute atomic E-state index is 12.5. The summed E-state index contributed by atoms with van der Waals surface area (Å²) in [5, 5.41) is 2.77. The molecular formula is C17H25N5O3. The number of carbonyl (C=O) groups excluding carboxylic acids is 2. The molecule has 2 aliphatic heterocycles. The number of likely N-dealkylation sites (tertiary alicyclic amines) is 2. The van der Waals surface area contributed by atoms with Crippen molar-refractivity contribution in [2.45, 2.75) is 32.6 Å². The van der Waals surface area contributed by atoms with Crippen molar-refractivity contribution in [2.24, 2.45) is 5.92 Å². The molecule has 1 aromatic rings. The second-order valence-corrected chi connectivity index (χ2v) is 6.60. The highest BCUT2D eigenvalue weighted by Gasteiger charge is 2.30. The molecule has 0 unspecified atom stereocenters. The number of nitrogens with one attached hydrogen (secondary N) is 1. The number of ether oxygens (including phenoxy) is 1. The summed E-state index contributed by atoms with van der Waals surface area (Å²) >= 11 is 0. The van der Waals surface area contributed by atoms with E-state index in [-0.39, 0.29) is 23.8 Å². The molecule has 1 aromatic heterocycles. The lowest BCUT2D eigenvalue weighted by Crippen LogP contribution is -2.47. The van der Waals surface area contributed by atoms with E-state index in [4.69, 9.17) is 4.74 Å². The lowest BCUT2D eigenvalue weighted by molar-refractivity contribution is -0.121. The molecule has 3 amide bonds. The van der Waals surface area contributed by atoms with E-state index in [0.717, 1.165) is 31.6 Å². The van der Waals surface area contributed by atoms with Crippen LogP contribution < -0.4 is 10.1 Å². The first kappa shape index (κ1) is 17.4. The van der Waals surface area contributed by atoms with Crippen LogP contribution >= 0.6 is 0 Å². The summed E-state index contributed by atoms with van der Waals surface area (Å²) in [6, 6.07) is 1.82. The van der Waals surface area contributed by atoms with E-state index in [2.05, 4.69) is 15.3 Å². The predicted molar refractivity (Wildman–Crippen MR) is 92.5 cm³/mol. The van der Waals surface area contributed by atoms with Crippen molar-refractivity contribution in [3.05, 3.63) is 11.8 Å². The lowest BCUT2D eigenvalue weighted by atomic mass is 9.96. The summed E-state index contributed by atoms with van der Waals surface area (Å²) in [6.45, 7) is 4.76. The number of aryl methyl sites for hydroxylation is 1. The number of aromatic nitrogens is 2. The first-order valence-corrected chi connectivity index (χ1v) is 8.81. The van der Waals surface area contributed by atoms with Crippen LogP contribution in [0.1, 0.15) is 31.4 Å². The van der Waals surface area contributed by atoms with Crippen LogP contribution in [0.25, 0.3) is 0 Å². The summed E-state index contributed by atoms with van der Waals surface area (Å²) in [5.41, 5.74) is 0.730. The van der Waals surface area contributed by atoms with Gasteiger partial charge in [0, 0.05) is 43.9 Å². The molecule has 0 atom stereocenters. The van der Waals surface area contributed by atoms with E-state index < -0.39 is 0 Å². The first-order chi connectivity index (χ1) is 12.1. The van der Waals surface area contributed by atoms with E-state index in [1.54, 1.807) is 6.07 Å². The van der Waals surface area contributed by atoms with Crippen molar-refractivity contribution >= 4 is 17.9 Å². The minimum Gasteiger partial charge on any atom is -0.481 e. The Kier molecular flexibility index (Phi) is 5.35. The van der Waals surface area contributed by atoms with Gasteiger partial charge in [-0.1, -0.05) is 0 Å². The molecule has 0 spiro atoms. The van der Waals surface area contributed by atoms with Crippen LogP contribution in [0.2, 0.25) is 0 Å². The van der Waals surface area contributed by atoms with Crippen molar-refractivity contribution in [3.8, 4) is 5.88 Å². The highest BCUT2D eigenvalue weighted by molar-refractivity contribution is 5.91. The molecule has 8 nitrogen and oxygen atoms in total. The maximum atomic E-state index is 12.5. The van der Waals surface area contributed by atoms with Gasteiger partial charge in [-0.25, -0.2) is 9.78 Å². The molecule has 136 valence electrons. The Morgan fingerprint density at radius 3 is 2.40 bits per heavy atom. The van der Waals surface area contributed by atoms with Crippen molar-refractivity contribution in [3.63, 3.8) is 0 Å². The Bertz CT molecular complexity index is 637. The molecule has 0 aliphatic carbocycles.